The highest BCUT2D eigenvalue weighted by Crippen LogP contribution is 2.43. The van der Waals surface area contributed by atoms with Crippen molar-refractivity contribution in [2.75, 3.05) is 20.2 Å². The molecule has 9 N–H and O–H groups in total. The second-order valence-electron chi connectivity index (χ2n) is 19.9. The molecule has 6 aliphatic rings. The molecule has 15 atom stereocenters. The van der Waals surface area contributed by atoms with Gasteiger partial charge in [-0.1, -0.05) is 63.0 Å². The quantitative estimate of drug-likeness (QED) is 0.0767. The predicted octanol–water partition coefficient (Wildman–Crippen LogP) is 4.41. The van der Waals surface area contributed by atoms with Gasteiger partial charge in [0.25, 0.3) is 0 Å². The lowest BCUT2D eigenvalue weighted by Gasteiger charge is -2.41. The van der Waals surface area contributed by atoms with Crippen molar-refractivity contribution in [1.29, 1.82) is 0 Å². The van der Waals surface area contributed by atoms with Crippen molar-refractivity contribution in [3.05, 3.63) is 12.2 Å². The minimum absolute atomic E-state index is 0.0373. The first-order valence-electron chi connectivity index (χ1n) is 23.8. The summed E-state index contributed by atoms with van der Waals surface area (Å²) in [5.74, 6) is 10.2. The van der Waals surface area contributed by atoms with Crippen LogP contribution in [0.1, 0.15) is 148 Å². The van der Waals surface area contributed by atoms with Crippen LogP contribution in [-0.2, 0) is 14.3 Å². The molecule has 0 radical (unpaired) electrons. The van der Waals surface area contributed by atoms with Gasteiger partial charge >= 0.3 is 0 Å². The number of methoxy groups -OCH3 is 1. The van der Waals surface area contributed by atoms with Crippen LogP contribution < -0.4 is 16.4 Å². The standard InChI is InChI=1S/C48H79N3O6/c1-3-33-30-51-48(49)28-42(33)35(14-13-31-9-5-4-6-10-31)24-38(52)19-15-34-17-21-40(45(55)22-18-36-25-47(57-2)46(56)27-41(34)36)44(54)12-8-7-11-32-23-37-16-20-39(53)26-43(37)50-29-32/h13-14,31-38,40-44,46-48,50-52,54,56H,3-12,15-16,18-20,22-30,49H2,1-2H3/p+2. The number of ether oxygens (including phenoxy) is 1. The van der Waals surface area contributed by atoms with E-state index in [-0.39, 0.29) is 41.7 Å². The molecule has 0 aromatic carbocycles. The van der Waals surface area contributed by atoms with Crippen molar-refractivity contribution in [3.8, 4) is 11.8 Å². The lowest BCUT2D eigenvalue weighted by Crippen LogP contribution is -2.96. The van der Waals surface area contributed by atoms with Gasteiger partial charge in [-0.2, -0.15) is 0 Å². The summed E-state index contributed by atoms with van der Waals surface area (Å²) in [4.78, 5) is 25.7. The number of Topliss-reactive ketones (excluding diaryl/α,β-unsaturated/α-hetero) is 2. The van der Waals surface area contributed by atoms with Crippen molar-refractivity contribution in [1.82, 2.24) is 0 Å². The Morgan fingerprint density at radius 2 is 1.72 bits per heavy atom. The monoisotopic (exact) mass is 796 g/mol. The number of piperidine rings is 2. The molecule has 9 nitrogen and oxygen atoms in total. The average Bonchev–Trinajstić information content (AvgIpc) is 3.27. The summed E-state index contributed by atoms with van der Waals surface area (Å²) >= 11 is 0. The van der Waals surface area contributed by atoms with Gasteiger partial charge < -0.3 is 30.7 Å². The molecule has 6 rings (SSSR count). The molecule has 57 heavy (non-hydrogen) atoms. The van der Waals surface area contributed by atoms with Crippen molar-refractivity contribution in [2.24, 2.45) is 64.9 Å². The third kappa shape index (κ3) is 12.7. The van der Waals surface area contributed by atoms with Crippen LogP contribution in [0.25, 0.3) is 0 Å². The second kappa shape index (κ2) is 22.3. The Kier molecular flexibility index (Phi) is 17.5. The number of hydrogen-bond donors (Lipinski definition) is 6. The number of allylic oxidation sites excluding steroid dienone is 2. The minimum Gasteiger partial charge on any atom is -0.393 e. The highest BCUT2D eigenvalue weighted by Gasteiger charge is 2.42. The summed E-state index contributed by atoms with van der Waals surface area (Å²) in [6.45, 7) is 4.43. The highest BCUT2D eigenvalue weighted by atomic mass is 16.5. The Morgan fingerprint density at radius 1 is 0.912 bits per heavy atom. The minimum atomic E-state index is -0.789. The van der Waals surface area contributed by atoms with E-state index in [2.05, 4.69) is 41.6 Å². The maximum atomic E-state index is 13.8. The van der Waals surface area contributed by atoms with Gasteiger partial charge in [0.2, 0.25) is 0 Å². The second-order valence-corrected chi connectivity index (χ2v) is 19.9. The fraction of sp³-hybridized carbons (Fsp3) is 0.875. The molecule has 15 unspecified atom stereocenters. The Hall–Kier alpha value is -1.64. The van der Waals surface area contributed by atoms with E-state index in [1.54, 1.807) is 7.11 Å². The molecule has 9 heteroatoms. The largest absolute Gasteiger partial charge is 0.393 e. The number of nitrogens with two attached hydrogens (primary N) is 3. The maximum Gasteiger partial charge on any atom is 0.150 e. The third-order valence-electron chi connectivity index (χ3n) is 16.1. The van der Waals surface area contributed by atoms with Crippen LogP contribution >= 0.6 is 0 Å². The van der Waals surface area contributed by atoms with Gasteiger partial charge in [-0.3, -0.25) is 15.3 Å². The average molecular weight is 796 g/mol. The van der Waals surface area contributed by atoms with Crippen LogP contribution in [0.4, 0.5) is 0 Å². The fourth-order valence-electron chi connectivity index (χ4n) is 12.5. The van der Waals surface area contributed by atoms with Crippen molar-refractivity contribution >= 4 is 11.6 Å². The van der Waals surface area contributed by atoms with E-state index < -0.39 is 24.2 Å². The lowest BCUT2D eigenvalue weighted by atomic mass is 9.67. The smallest absolute Gasteiger partial charge is 0.150 e. The Morgan fingerprint density at radius 3 is 2.51 bits per heavy atom. The number of unbranched alkanes of at least 4 members (excludes halogenated alkanes) is 1. The molecular weight excluding hydrogens is 715 g/mol. The zero-order valence-electron chi connectivity index (χ0n) is 35.7. The number of hydrogen-bond acceptors (Lipinski definition) is 7. The molecule has 0 bridgehead atoms. The molecular formula is C48H81N3O6+2. The van der Waals surface area contributed by atoms with Crippen LogP contribution in [0.5, 0.6) is 0 Å². The number of fused-ring (bicyclic) bond motifs is 2. The van der Waals surface area contributed by atoms with E-state index >= 15 is 0 Å². The molecule has 5 fully saturated rings. The van der Waals surface area contributed by atoms with Gasteiger partial charge in [-0.15, -0.1) is 0 Å². The maximum absolute atomic E-state index is 13.8. The summed E-state index contributed by atoms with van der Waals surface area (Å²) in [5.41, 5.74) is 6.53. The van der Waals surface area contributed by atoms with E-state index in [4.69, 9.17) is 10.5 Å². The van der Waals surface area contributed by atoms with Crippen LogP contribution in [0, 0.1) is 71.0 Å². The molecule has 0 aromatic rings. The van der Waals surface area contributed by atoms with Crippen LogP contribution in [-0.4, -0.2) is 83.7 Å². The predicted molar refractivity (Wildman–Crippen MR) is 223 cm³/mol. The summed E-state index contributed by atoms with van der Waals surface area (Å²) in [5, 5.41) is 39.2. The molecule has 0 aromatic heterocycles. The topological polar surface area (TPSA) is 163 Å². The number of carbonyl (C=O) groups is 2. The Bertz CT molecular complexity index is 1360. The normalized spacial score (nSPS) is 38.5. The Balaban J connectivity index is 1.09. The van der Waals surface area contributed by atoms with Crippen molar-refractivity contribution < 1.29 is 40.3 Å². The van der Waals surface area contributed by atoms with Gasteiger partial charge in [0.15, 0.2) is 0 Å². The van der Waals surface area contributed by atoms with Gasteiger partial charge in [-0.05, 0) is 113 Å². The SMILES string of the molecule is CCC1C[NH2+]C(N)CC1C(C=CC1CCCCC1)CC(O)CCC1C#CC(C(O)CCCCC2C[NH2+]C3CC(=O)CCC3C2)C(=O)CCC2CC(OC)C(O)CC12. The Labute approximate surface area is 344 Å². The summed E-state index contributed by atoms with van der Waals surface area (Å²) in [6.07, 6.45) is 23.3. The van der Waals surface area contributed by atoms with Gasteiger partial charge in [0.05, 0.1) is 50.0 Å². The zero-order chi connectivity index (χ0) is 40.3. The lowest BCUT2D eigenvalue weighted by molar-refractivity contribution is -0.711. The fourth-order valence-corrected chi connectivity index (χ4v) is 12.5. The molecule has 322 valence electrons. The summed E-state index contributed by atoms with van der Waals surface area (Å²) in [6, 6.07) is 0.482. The molecule has 0 spiro atoms. The number of aliphatic hydroxyl groups excluding tert-OH is 3. The molecule has 3 saturated carbocycles. The van der Waals surface area contributed by atoms with Crippen LogP contribution in [0.15, 0.2) is 12.2 Å². The number of rotatable bonds is 16. The van der Waals surface area contributed by atoms with E-state index in [1.165, 1.54) is 38.5 Å². The molecule has 2 heterocycles. The third-order valence-corrected chi connectivity index (χ3v) is 16.1. The van der Waals surface area contributed by atoms with E-state index in [1.807, 2.05) is 0 Å². The summed E-state index contributed by atoms with van der Waals surface area (Å²) < 4.78 is 5.71. The van der Waals surface area contributed by atoms with Gasteiger partial charge in [-0.25, -0.2) is 0 Å². The number of quaternary nitrogens is 2. The molecule has 2 saturated heterocycles. The van der Waals surface area contributed by atoms with Gasteiger partial charge in [0, 0.05) is 50.0 Å². The number of aliphatic hydroxyl groups is 3. The van der Waals surface area contributed by atoms with E-state index in [9.17, 15) is 24.9 Å². The zero-order valence-corrected chi connectivity index (χ0v) is 35.7. The van der Waals surface area contributed by atoms with E-state index in [0.717, 1.165) is 70.9 Å². The number of carbonyl (C=O) groups excluding carboxylic acids is 2. The highest BCUT2D eigenvalue weighted by molar-refractivity contribution is 5.84. The van der Waals surface area contributed by atoms with Crippen molar-refractivity contribution in [3.63, 3.8) is 0 Å². The molecule has 4 aliphatic carbocycles. The summed E-state index contributed by atoms with van der Waals surface area (Å²) in [7, 11) is 1.66. The van der Waals surface area contributed by atoms with Crippen LogP contribution in [0.3, 0.4) is 0 Å². The van der Waals surface area contributed by atoms with Gasteiger partial charge in [0.1, 0.15) is 23.7 Å². The number of ketones is 2. The molecule has 2 aliphatic heterocycles. The first-order chi connectivity index (χ1) is 27.6. The van der Waals surface area contributed by atoms with E-state index in [0.29, 0.717) is 86.4 Å². The van der Waals surface area contributed by atoms with Crippen LogP contribution in [0.2, 0.25) is 0 Å². The van der Waals surface area contributed by atoms with Crippen molar-refractivity contribution in [2.45, 2.75) is 185 Å². The first-order valence-corrected chi connectivity index (χ1v) is 23.8. The molecule has 0 amide bonds. The first kappa shape index (κ1) is 44.9.